The first-order chi connectivity index (χ1) is 21.6. The molecule has 0 aliphatic heterocycles. The highest BCUT2D eigenvalue weighted by molar-refractivity contribution is 7.21. The lowest BCUT2D eigenvalue weighted by atomic mass is 9.82. The summed E-state index contributed by atoms with van der Waals surface area (Å²) in [7, 11) is 0. The maximum absolute atomic E-state index is 6.59. The molecule has 0 saturated carbocycles. The van der Waals surface area contributed by atoms with E-state index >= 15 is 0 Å². The maximum Gasteiger partial charge on any atom is 0.159 e. The summed E-state index contributed by atoms with van der Waals surface area (Å²) in [6.07, 6.45) is 0. The quantitative estimate of drug-likeness (QED) is 0.206. The Hall–Kier alpha value is -5.19. The normalized spacial score (nSPS) is 13.4. The van der Waals surface area contributed by atoms with Crippen molar-refractivity contribution in [3.63, 3.8) is 0 Å². The average molecular weight is 585 g/mol. The van der Waals surface area contributed by atoms with Crippen LogP contribution in [0.25, 0.3) is 53.9 Å². The third-order valence-electron chi connectivity index (χ3n) is 9.10. The van der Waals surface area contributed by atoms with Crippen molar-refractivity contribution < 1.29 is 4.42 Å². The molecule has 8 aromatic rings. The minimum atomic E-state index is -0.109. The lowest BCUT2D eigenvalue weighted by Crippen LogP contribution is -2.16. The Balaban J connectivity index is 1.28. The molecule has 0 N–H and O–H groups in total. The van der Waals surface area contributed by atoms with Gasteiger partial charge in [0, 0.05) is 33.1 Å². The van der Waals surface area contributed by atoms with E-state index in [2.05, 4.69) is 134 Å². The Kier molecular flexibility index (Phi) is 5.41. The third kappa shape index (κ3) is 3.71. The fourth-order valence-corrected chi connectivity index (χ4v) is 7.88. The highest BCUT2D eigenvalue weighted by Gasteiger charge is 2.36. The number of aromatic nitrogens is 1. The lowest BCUT2D eigenvalue weighted by Gasteiger charge is -2.28. The van der Waals surface area contributed by atoms with Crippen LogP contribution in [0.5, 0.6) is 0 Å². The average Bonchev–Trinajstić information content (AvgIpc) is 3.73. The van der Waals surface area contributed by atoms with Gasteiger partial charge in [0.2, 0.25) is 0 Å². The van der Waals surface area contributed by atoms with Crippen molar-refractivity contribution in [2.75, 3.05) is 4.90 Å². The maximum atomic E-state index is 6.59. The number of rotatable bonds is 4. The summed E-state index contributed by atoms with van der Waals surface area (Å²) < 4.78 is 7.75. The van der Waals surface area contributed by atoms with Crippen molar-refractivity contribution in [1.82, 2.24) is 4.98 Å². The number of anilines is 3. The number of hydrogen-bond acceptors (Lipinski definition) is 4. The number of furan rings is 1. The van der Waals surface area contributed by atoms with Crippen molar-refractivity contribution in [1.29, 1.82) is 0 Å². The molecule has 4 heteroatoms. The number of benzene rings is 6. The van der Waals surface area contributed by atoms with Crippen molar-refractivity contribution in [2.45, 2.75) is 19.3 Å². The van der Waals surface area contributed by atoms with Crippen molar-refractivity contribution >= 4 is 60.6 Å². The zero-order chi connectivity index (χ0) is 29.4. The fraction of sp³-hybridized carbons (Fsp3) is 0.0750. The van der Waals surface area contributed by atoms with E-state index in [-0.39, 0.29) is 5.41 Å². The molecule has 0 amide bonds. The Morgan fingerprint density at radius 1 is 0.636 bits per heavy atom. The fourth-order valence-electron chi connectivity index (χ4n) is 6.93. The van der Waals surface area contributed by atoms with E-state index < -0.39 is 0 Å². The third-order valence-corrected chi connectivity index (χ3v) is 10.2. The van der Waals surface area contributed by atoms with Crippen molar-refractivity contribution in [2.24, 2.45) is 0 Å². The first kappa shape index (κ1) is 25.3. The molecule has 1 aliphatic carbocycles. The molecule has 0 saturated heterocycles. The molecular weight excluding hydrogens is 557 g/mol. The minimum absolute atomic E-state index is 0.109. The molecule has 210 valence electrons. The van der Waals surface area contributed by atoms with Gasteiger partial charge in [0.25, 0.3) is 0 Å². The van der Waals surface area contributed by atoms with Crippen LogP contribution >= 0.6 is 11.3 Å². The van der Waals surface area contributed by atoms with E-state index in [1.54, 1.807) is 11.3 Å². The first-order valence-electron chi connectivity index (χ1n) is 15.0. The predicted octanol–water partition coefficient (Wildman–Crippen LogP) is 11.6. The summed E-state index contributed by atoms with van der Waals surface area (Å²) in [5.41, 5.74) is 12.3. The minimum Gasteiger partial charge on any atom is -0.454 e. The molecule has 0 atom stereocenters. The molecule has 2 heterocycles. The van der Waals surface area contributed by atoms with Crippen LogP contribution in [-0.2, 0) is 5.41 Å². The van der Waals surface area contributed by atoms with E-state index in [1.165, 1.54) is 27.0 Å². The number of thiazole rings is 1. The molecular formula is C40H28N2OS. The van der Waals surface area contributed by atoms with Crippen LogP contribution in [0, 0.1) is 0 Å². The molecule has 0 unspecified atom stereocenters. The van der Waals surface area contributed by atoms with Gasteiger partial charge in [-0.1, -0.05) is 105 Å². The largest absolute Gasteiger partial charge is 0.454 e. The summed E-state index contributed by atoms with van der Waals surface area (Å²) in [5, 5.41) is 3.26. The predicted molar refractivity (Wildman–Crippen MR) is 185 cm³/mol. The Morgan fingerprint density at radius 3 is 2.27 bits per heavy atom. The van der Waals surface area contributed by atoms with Gasteiger partial charge in [-0.2, -0.15) is 0 Å². The van der Waals surface area contributed by atoms with E-state index in [0.717, 1.165) is 55.1 Å². The van der Waals surface area contributed by atoms with Gasteiger partial charge in [-0.05, 0) is 64.7 Å². The summed E-state index contributed by atoms with van der Waals surface area (Å²) >= 11 is 1.73. The summed E-state index contributed by atoms with van der Waals surface area (Å²) in [6.45, 7) is 4.66. The lowest BCUT2D eigenvalue weighted by molar-refractivity contribution is 0.660. The van der Waals surface area contributed by atoms with Gasteiger partial charge >= 0.3 is 0 Å². The standard InChI is InChI=1S/C40H28N2OS/c1-40(2)32-16-8-6-13-28(32)29-21-19-26(23-33(29)40)42(35-17-10-15-31-30-14-7-9-18-36(30)43-38(31)35)27-20-22-37-34(24-27)41-39(44-37)25-11-4-3-5-12-25/h3-24H,1-2H3. The molecule has 44 heavy (non-hydrogen) atoms. The van der Waals surface area contributed by atoms with Gasteiger partial charge < -0.3 is 9.32 Å². The van der Waals surface area contributed by atoms with Crippen LogP contribution in [0.4, 0.5) is 17.1 Å². The number of nitrogens with zero attached hydrogens (tertiary/aromatic N) is 2. The Bertz CT molecular complexity index is 2380. The summed E-state index contributed by atoms with van der Waals surface area (Å²) in [5.74, 6) is 0. The monoisotopic (exact) mass is 584 g/mol. The first-order valence-corrected chi connectivity index (χ1v) is 15.8. The topological polar surface area (TPSA) is 29.3 Å². The van der Waals surface area contributed by atoms with E-state index in [9.17, 15) is 0 Å². The molecule has 3 nitrogen and oxygen atoms in total. The van der Waals surface area contributed by atoms with Gasteiger partial charge in [0.05, 0.1) is 15.9 Å². The molecule has 0 bridgehead atoms. The molecule has 1 aliphatic rings. The molecule has 0 fully saturated rings. The summed E-state index contributed by atoms with van der Waals surface area (Å²) in [6, 6.07) is 47.5. The van der Waals surface area contributed by atoms with Crippen LogP contribution in [0.1, 0.15) is 25.0 Å². The van der Waals surface area contributed by atoms with Gasteiger partial charge in [0.1, 0.15) is 10.6 Å². The number of para-hydroxylation sites is 2. The van der Waals surface area contributed by atoms with Crippen LogP contribution in [0.15, 0.2) is 138 Å². The van der Waals surface area contributed by atoms with Gasteiger partial charge in [-0.25, -0.2) is 4.98 Å². The number of fused-ring (bicyclic) bond motifs is 7. The molecule has 9 rings (SSSR count). The molecule has 0 spiro atoms. The molecule has 2 aromatic heterocycles. The van der Waals surface area contributed by atoms with Gasteiger partial charge in [-0.3, -0.25) is 0 Å². The number of hydrogen-bond donors (Lipinski definition) is 0. The second-order valence-electron chi connectivity index (χ2n) is 12.0. The van der Waals surface area contributed by atoms with Crippen LogP contribution in [-0.4, -0.2) is 4.98 Å². The van der Waals surface area contributed by atoms with Crippen LogP contribution in [0.2, 0.25) is 0 Å². The zero-order valence-corrected chi connectivity index (χ0v) is 25.2. The summed E-state index contributed by atoms with van der Waals surface area (Å²) in [4.78, 5) is 7.43. The SMILES string of the molecule is CC1(C)c2ccccc2-c2ccc(N(c3ccc4sc(-c5ccccc5)nc4c3)c3cccc4c3oc3ccccc34)cc21. The Morgan fingerprint density at radius 2 is 1.36 bits per heavy atom. The van der Waals surface area contributed by atoms with Gasteiger partial charge in [0.15, 0.2) is 5.58 Å². The van der Waals surface area contributed by atoms with E-state index in [0.29, 0.717) is 0 Å². The zero-order valence-electron chi connectivity index (χ0n) is 24.4. The Labute approximate surface area is 259 Å². The second kappa shape index (κ2) is 9.40. The van der Waals surface area contributed by atoms with E-state index in [1.807, 2.05) is 18.2 Å². The smallest absolute Gasteiger partial charge is 0.159 e. The molecule has 0 radical (unpaired) electrons. The van der Waals surface area contributed by atoms with Crippen LogP contribution < -0.4 is 4.90 Å². The van der Waals surface area contributed by atoms with Crippen molar-refractivity contribution in [3.05, 3.63) is 145 Å². The highest BCUT2D eigenvalue weighted by atomic mass is 32.1. The second-order valence-corrected chi connectivity index (χ2v) is 13.1. The van der Waals surface area contributed by atoms with E-state index in [4.69, 9.17) is 9.40 Å². The highest BCUT2D eigenvalue weighted by Crippen LogP contribution is 2.51. The van der Waals surface area contributed by atoms with Crippen LogP contribution in [0.3, 0.4) is 0 Å². The van der Waals surface area contributed by atoms with Crippen molar-refractivity contribution in [3.8, 4) is 21.7 Å². The van der Waals surface area contributed by atoms with Gasteiger partial charge in [-0.15, -0.1) is 11.3 Å². The molecule has 6 aromatic carbocycles.